The van der Waals surface area contributed by atoms with Crippen molar-refractivity contribution in [3.63, 3.8) is 0 Å². The van der Waals surface area contributed by atoms with Crippen LogP contribution in [0.1, 0.15) is 6.42 Å². The zero-order valence-corrected chi connectivity index (χ0v) is 17.1. The van der Waals surface area contributed by atoms with Crippen molar-refractivity contribution in [2.75, 3.05) is 53.5 Å². The van der Waals surface area contributed by atoms with Crippen molar-refractivity contribution >= 4 is 37.0 Å². The highest BCUT2D eigenvalue weighted by Crippen LogP contribution is 2.39. The number of ether oxygens (including phenoxy) is 1. The molecule has 0 bridgehead atoms. The lowest BCUT2D eigenvalue weighted by molar-refractivity contribution is -0.0216. The number of anilines is 3. The molecule has 2 aliphatic rings. The summed E-state index contributed by atoms with van der Waals surface area (Å²) in [5.41, 5.74) is 5.62. The van der Waals surface area contributed by atoms with E-state index in [1.54, 1.807) is 9.80 Å². The quantitative estimate of drug-likeness (QED) is 0.182. The van der Waals surface area contributed by atoms with Crippen molar-refractivity contribution < 1.29 is 33.8 Å². The Kier molecular flexibility index (Phi) is 7.06. The van der Waals surface area contributed by atoms with E-state index >= 15 is 0 Å². The number of hydrogen-bond donors (Lipinski definition) is 6. The fourth-order valence-electron chi connectivity index (χ4n) is 3.26. The molecule has 29 heavy (non-hydrogen) atoms. The highest BCUT2D eigenvalue weighted by Gasteiger charge is 2.43. The number of aromatic amines is 1. The summed E-state index contributed by atoms with van der Waals surface area (Å²) < 4.78 is 21.1. The first-order chi connectivity index (χ1) is 13.7. The topological polar surface area (TPSA) is 195 Å². The Morgan fingerprint density at radius 1 is 1.41 bits per heavy atom. The Labute approximate surface area is 170 Å². The SMILES string of the molecule is Nc1nc2c(c(=O)[nH]1)N(CCSCCO)CN2[C@H]1C[C@H](O)[C@@H](COP(=O)(O)O)O1. The maximum absolute atomic E-state index is 12.4. The maximum atomic E-state index is 12.4. The predicted molar refractivity (Wildman–Crippen MR) is 106 cm³/mol. The van der Waals surface area contributed by atoms with Crippen molar-refractivity contribution in [3.8, 4) is 0 Å². The minimum Gasteiger partial charge on any atom is -0.396 e. The van der Waals surface area contributed by atoms with E-state index in [-0.39, 0.29) is 25.6 Å². The van der Waals surface area contributed by atoms with E-state index in [4.69, 9.17) is 25.4 Å². The number of rotatable bonds is 9. The van der Waals surface area contributed by atoms with Crippen molar-refractivity contribution in [2.45, 2.75) is 24.9 Å². The largest absolute Gasteiger partial charge is 0.469 e. The van der Waals surface area contributed by atoms with Crippen LogP contribution in [0, 0.1) is 0 Å². The number of nitrogens with one attached hydrogen (secondary N) is 1. The van der Waals surface area contributed by atoms with Gasteiger partial charge in [0.15, 0.2) is 5.82 Å². The second-order valence-corrected chi connectivity index (χ2v) is 9.02. The Bertz CT molecular complexity index is 822. The highest BCUT2D eigenvalue weighted by molar-refractivity contribution is 7.99. The van der Waals surface area contributed by atoms with Gasteiger partial charge in [-0.3, -0.25) is 14.3 Å². The van der Waals surface area contributed by atoms with E-state index in [0.717, 1.165) is 0 Å². The number of aliphatic hydroxyl groups is 2. The normalized spacial score (nSPS) is 24.3. The Balaban J connectivity index is 1.75. The Morgan fingerprint density at radius 2 is 2.17 bits per heavy atom. The molecular formula is C14H24N5O8PS. The molecule has 164 valence electrons. The van der Waals surface area contributed by atoms with Gasteiger partial charge >= 0.3 is 7.82 Å². The van der Waals surface area contributed by atoms with Crippen LogP contribution in [0.25, 0.3) is 0 Å². The molecule has 0 saturated carbocycles. The summed E-state index contributed by atoms with van der Waals surface area (Å²) in [5.74, 6) is 1.51. The van der Waals surface area contributed by atoms with E-state index in [1.807, 2.05) is 0 Å². The van der Waals surface area contributed by atoms with Crippen molar-refractivity contribution in [2.24, 2.45) is 0 Å². The molecule has 1 fully saturated rings. The van der Waals surface area contributed by atoms with Crippen LogP contribution in [-0.4, -0.2) is 86.3 Å². The average Bonchev–Trinajstić information content (AvgIpc) is 3.17. The van der Waals surface area contributed by atoms with Crippen molar-refractivity contribution in [1.82, 2.24) is 9.97 Å². The second-order valence-electron chi connectivity index (χ2n) is 6.55. The van der Waals surface area contributed by atoms with Crippen LogP contribution in [0.15, 0.2) is 4.79 Å². The number of H-pyrrole nitrogens is 1. The number of hydrogen-bond acceptors (Lipinski definition) is 11. The van der Waals surface area contributed by atoms with Crippen molar-refractivity contribution in [1.29, 1.82) is 0 Å². The first kappa shape index (κ1) is 22.3. The van der Waals surface area contributed by atoms with Gasteiger partial charge in [-0.2, -0.15) is 16.7 Å². The molecule has 1 aromatic rings. The summed E-state index contributed by atoms with van der Waals surface area (Å²) in [6.45, 7) is 0.369. The van der Waals surface area contributed by atoms with E-state index < -0.39 is 38.4 Å². The minimum atomic E-state index is -4.69. The molecule has 3 atom stereocenters. The van der Waals surface area contributed by atoms with E-state index in [1.165, 1.54) is 11.8 Å². The number of nitrogen functional groups attached to an aromatic ring is 1. The second kappa shape index (κ2) is 9.18. The van der Waals surface area contributed by atoms with Crippen LogP contribution in [0.3, 0.4) is 0 Å². The molecule has 2 aliphatic heterocycles. The molecule has 3 rings (SSSR count). The molecule has 1 aromatic heterocycles. The van der Waals surface area contributed by atoms with Gasteiger partial charge < -0.3 is 40.3 Å². The molecule has 0 spiro atoms. The Hall–Kier alpha value is -1.38. The van der Waals surface area contributed by atoms with Gasteiger partial charge in [-0.05, 0) is 0 Å². The fourth-order valence-corrected chi connectivity index (χ4v) is 4.28. The molecule has 3 heterocycles. The molecule has 13 nitrogen and oxygen atoms in total. The lowest BCUT2D eigenvalue weighted by Gasteiger charge is -2.26. The number of aromatic nitrogens is 2. The van der Waals surface area contributed by atoms with Crippen LogP contribution in [-0.2, 0) is 13.8 Å². The molecule has 7 N–H and O–H groups in total. The first-order valence-corrected chi connectivity index (χ1v) is 11.5. The fraction of sp³-hybridized carbons (Fsp3) is 0.714. The number of phosphoric acid groups is 1. The molecule has 0 amide bonds. The third-order valence-corrected chi connectivity index (χ3v) is 5.93. The summed E-state index contributed by atoms with van der Waals surface area (Å²) in [7, 11) is -4.69. The molecule has 0 aromatic carbocycles. The summed E-state index contributed by atoms with van der Waals surface area (Å²) in [6, 6.07) is 0. The van der Waals surface area contributed by atoms with Gasteiger partial charge in [0.25, 0.3) is 5.56 Å². The molecule has 15 heteroatoms. The predicted octanol–water partition coefficient (Wildman–Crippen LogP) is -1.75. The number of phosphoric ester groups is 1. The standard InChI is InChI=1S/C14H24N5O8PS/c15-14-16-12-11(13(22)17-14)18(1-3-29-4-2-20)7-19(12)10-5-8(21)9(27-10)6-26-28(23,24)25/h8-10,20-21H,1-7H2,(H2,23,24,25)(H3,15,16,17,22)/t8-,9+,10+/m0/s1. The van der Waals surface area contributed by atoms with Gasteiger partial charge in [0.1, 0.15) is 18.0 Å². The summed E-state index contributed by atoms with van der Waals surface area (Å²) in [4.78, 5) is 40.3. The Morgan fingerprint density at radius 3 is 2.86 bits per heavy atom. The highest BCUT2D eigenvalue weighted by atomic mass is 32.2. The molecular weight excluding hydrogens is 429 g/mol. The number of thioether (sulfide) groups is 1. The number of fused-ring (bicyclic) bond motifs is 1. The molecule has 0 aliphatic carbocycles. The zero-order chi connectivity index (χ0) is 21.2. The maximum Gasteiger partial charge on any atom is 0.469 e. The third-order valence-electron chi connectivity index (χ3n) is 4.51. The third kappa shape index (κ3) is 5.41. The van der Waals surface area contributed by atoms with Gasteiger partial charge in [0.05, 0.1) is 26.0 Å². The van der Waals surface area contributed by atoms with E-state index in [2.05, 4.69) is 14.5 Å². The molecule has 0 unspecified atom stereocenters. The van der Waals surface area contributed by atoms with Gasteiger partial charge in [0, 0.05) is 24.5 Å². The zero-order valence-electron chi connectivity index (χ0n) is 15.4. The van der Waals surface area contributed by atoms with Gasteiger partial charge in [-0.15, -0.1) is 0 Å². The lowest BCUT2D eigenvalue weighted by atomic mass is 10.2. The van der Waals surface area contributed by atoms with Crippen molar-refractivity contribution in [3.05, 3.63) is 10.4 Å². The van der Waals surface area contributed by atoms with Crippen LogP contribution in [0.2, 0.25) is 0 Å². The van der Waals surface area contributed by atoms with Crippen LogP contribution in [0.5, 0.6) is 0 Å². The lowest BCUT2D eigenvalue weighted by Crippen LogP contribution is -2.40. The van der Waals surface area contributed by atoms with E-state index in [0.29, 0.717) is 29.6 Å². The number of aliphatic hydroxyl groups excluding tert-OH is 2. The van der Waals surface area contributed by atoms with Crippen LogP contribution in [0.4, 0.5) is 17.5 Å². The summed E-state index contributed by atoms with van der Waals surface area (Å²) in [5, 5.41) is 19.1. The van der Waals surface area contributed by atoms with E-state index in [9.17, 15) is 14.5 Å². The molecule has 1 saturated heterocycles. The van der Waals surface area contributed by atoms with Gasteiger partial charge in [0.2, 0.25) is 5.95 Å². The summed E-state index contributed by atoms with van der Waals surface area (Å²) >= 11 is 1.54. The first-order valence-electron chi connectivity index (χ1n) is 8.83. The minimum absolute atomic E-state index is 0.0600. The number of nitrogens with zero attached hydrogens (tertiary/aromatic N) is 3. The monoisotopic (exact) mass is 453 g/mol. The summed E-state index contributed by atoms with van der Waals surface area (Å²) in [6.07, 6.45) is -2.50. The van der Waals surface area contributed by atoms with Gasteiger partial charge in [-0.25, -0.2) is 4.57 Å². The smallest absolute Gasteiger partial charge is 0.396 e. The van der Waals surface area contributed by atoms with Crippen LogP contribution < -0.4 is 21.1 Å². The van der Waals surface area contributed by atoms with Gasteiger partial charge in [-0.1, -0.05) is 0 Å². The van der Waals surface area contributed by atoms with Crippen LogP contribution >= 0.6 is 19.6 Å². The average molecular weight is 453 g/mol. The number of nitrogens with two attached hydrogens (primary N) is 1. The molecule has 0 radical (unpaired) electrons.